The van der Waals surface area contributed by atoms with Gasteiger partial charge in [0.15, 0.2) is 0 Å². The molecule has 0 fully saturated rings. The van der Waals surface area contributed by atoms with Crippen molar-refractivity contribution in [3.05, 3.63) is 30.3 Å². The summed E-state index contributed by atoms with van der Waals surface area (Å²) >= 11 is 5.29. The van der Waals surface area contributed by atoms with E-state index in [-0.39, 0.29) is 17.8 Å². The van der Waals surface area contributed by atoms with E-state index in [0.29, 0.717) is 13.1 Å². The van der Waals surface area contributed by atoms with Crippen molar-refractivity contribution < 1.29 is 9.59 Å². The lowest BCUT2D eigenvalue weighted by Crippen LogP contribution is -2.37. The second-order valence-electron chi connectivity index (χ2n) is 3.23. The Morgan fingerprint density at radius 1 is 1.06 bits per heavy atom. The molecular formula is C11H14ClN3O2. The van der Waals surface area contributed by atoms with Crippen molar-refractivity contribution in [1.82, 2.24) is 10.6 Å². The van der Waals surface area contributed by atoms with E-state index >= 15 is 0 Å². The van der Waals surface area contributed by atoms with Crippen molar-refractivity contribution in [1.29, 1.82) is 0 Å². The van der Waals surface area contributed by atoms with Crippen molar-refractivity contribution in [2.75, 3.05) is 24.3 Å². The normalized spacial score (nSPS) is 9.47. The molecule has 92 valence electrons. The number of hydrogen-bond donors (Lipinski definition) is 3. The van der Waals surface area contributed by atoms with Crippen LogP contribution in [-0.2, 0) is 4.79 Å². The maximum Gasteiger partial charge on any atom is 0.319 e. The standard InChI is InChI=1S/C11H14ClN3O2/c12-8-10(16)13-6-7-14-11(17)15-9-4-2-1-3-5-9/h1-5H,6-8H2,(H,13,16)(H2,14,15,17). The van der Waals surface area contributed by atoms with E-state index in [1.54, 1.807) is 12.1 Å². The highest BCUT2D eigenvalue weighted by Gasteiger charge is 2.00. The number of carbonyl (C=O) groups is 2. The van der Waals surface area contributed by atoms with Crippen LogP contribution in [0.1, 0.15) is 0 Å². The highest BCUT2D eigenvalue weighted by atomic mass is 35.5. The lowest BCUT2D eigenvalue weighted by Gasteiger charge is -2.07. The Morgan fingerprint density at radius 2 is 1.71 bits per heavy atom. The summed E-state index contributed by atoms with van der Waals surface area (Å²) in [5, 5.41) is 7.80. The van der Waals surface area contributed by atoms with Crippen LogP contribution in [0, 0.1) is 0 Å². The zero-order valence-corrected chi connectivity index (χ0v) is 9.96. The third-order valence-corrected chi connectivity index (χ3v) is 2.13. The van der Waals surface area contributed by atoms with E-state index in [0.717, 1.165) is 5.69 Å². The molecule has 6 heteroatoms. The zero-order valence-electron chi connectivity index (χ0n) is 9.20. The molecule has 1 rings (SSSR count). The summed E-state index contributed by atoms with van der Waals surface area (Å²) in [6.45, 7) is 0.703. The zero-order chi connectivity index (χ0) is 12.5. The van der Waals surface area contributed by atoms with Crippen molar-refractivity contribution in [2.24, 2.45) is 0 Å². The van der Waals surface area contributed by atoms with Gasteiger partial charge in [0.05, 0.1) is 0 Å². The maximum atomic E-state index is 11.4. The SMILES string of the molecule is O=C(CCl)NCCNC(=O)Nc1ccccc1. The predicted molar refractivity (Wildman–Crippen MR) is 67.2 cm³/mol. The predicted octanol–water partition coefficient (Wildman–Crippen LogP) is 1.16. The van der Waals surface area contributed by atoms with E-state index in [9.17, 15) is 9.59 Å². The number of alkyl halides is 1. The van der Waals surface area contributed by atoms with Crippen LogP contribution in [0.5, 0.6) is 0 Å². The molecule has 3 N–H and O–H groups in total. The van der Waals surface area contributed by atoms with Crippen molar-refractivity contribution in [3.63, 3.8) is 0 Å². The average molecular weight is 256 g/mol. The molecule has 0 bridgehead atoms. The summed E-state index contributed by atoms with van der Waals surface area (Å²) in [5.74, 6) is -0.326. The lowest BCUT2D eigenvalue weighted by atomic mass is 10.3. The highest BCUT2D eigenvalue weighted by molar-refractivity contribution is 6.27. The molecule has 0 radical (unpaired) electrons. The second kappa shape index (κ2) is 7.51. The van der Waals surface area contributed by atoms with Gasteiger partial charge >= 0.3 is 6.03 Å². The van der Waals surface area contributed by atoms with Gasteiger partial charge in [-0.2, -0.15) is 0 Å². The Hall–Kier alpha value is -1.75. The Balaban J connectivity index is 2.16. The molecule has 0 unspecified atom stereocenters. The summed E-state index contributed by atoms with van der Waals surface area (Å²) in [5.41, 5.74) is 0.717. The molecule has 1 aromatic rings. The Labute approximate surface area is 105 Å². The van der Waals surface area contributed by atoms with Crippen LogP contribution in [-0.4, -0.2) is 30.9 Å². The van der Waals surface area contributed by atoms with Gasteiger partial charge in [-0.15, -0.1) is 11.6 Å². The molecule has 3 amide bonds. The molecule has 0 atom stereocenters. The maximum absolute atomic E-state index is 11.4. The topological polar surface area (TPSA) is 70.2 Å². The molecule has 0 aliphatic carbocycles. The average Bonchev–Trinajstić information content (AvgIpc) is 2.35. The van der Waals surface area contributed by atoms with Crippen molar-refractivity contribution in [3.8, 4) is 0 Å². The molecular weight excluding hydrogens is 242 g/mol. The molecule has 0 heterocycles. The molecule has 0 saturated carbocycles. The van der Waals surface area contributed by atoms with Crippen molar-refractivity contribution >= 4 is 29.2 Å². The fourth-order valence-electron chi connectivity index (χ4n) is 1.12. The third-order valence-electron chi connectivity index (χ3n) is 1.89. The first-order chi connectivity index (χ1) is 8.22. The number of carbonyl (C=O) groups excluding carboxylic acids is 2. The number of hydrogen-bond acceptors (Lipinski definition) is 2. The number of halogens is 1. The van der Waals surface area contributed by atoms with Gasteiger partial charge < -0.3 is 16.0 Å². The summed E-state index contributed by atoms with van der Waals surface area (Å²) in [6.07, 6.45) is 0. The molecule has 17 heavy (non-hydrogen) atoms. The van der Waals surface area contributed by atoms with E-state index in [2.05, 4.69) is 16.0 Å². The Morgan fingerprint density at radius 3 is 2.35 bits per heavy atom. The largest absolute Gasteiger partial charge is 0.353 e. The quantitative estimate of drug-likeness (QED) is 0.546. The summed E-state index contributed by atoms with van der Waals surface area (Å²) in [4.78, 5) is 22.1. The van der Waals surface area contributed by atoms with Gasteiger partial charge in [-0.25, -0.2) is 4.79 Å². The van der Waals surface area contributed by atoms with E-state index < -0.39 is 0 Å². The number of rotatable bonds is 5. The molecule has 0 aliphatic heterocycles. The summed E-state index contributed by atoms with van der Waals surface area (Å²) in [6, 6.07) is 8.79. The number of para-hydroxylation sites is 1. The van der Waals surface area contributed by atoms with Crippen LogP contribution < -0.4 is 16.0 Å². The highest BCUT2D eigenvalue weighted by Crippen LogP contribution is 2.03. The first-order valence-electron chi connectivity index (χ1n) is 5.15. The number of anilines is 1. The smallest absolute Gasteiger partial charge is 0.319 e. The van der Waals surface area contributed by atoms with Gasteiger partial charge in [0.1, 0.15) is 5.88 Å². The molecule has 0 aliphatic rings. The first kappa shape index (κ1) is 13.3. The second-order valence-corrected chi connectivity index (χ2v) is 3.50. The van der Waals surface area contributed by atoms with Gasteiger partial charge in [-0.05, 0) is 12.1 Å². The van der Waals surface area contributed by atoms with Crippen molar-refractivity contribution in [2.45, 2.75) is 0 Å². The lowest BCUT2D eigenvalue weighted by molar-refractivity contribution is -0.118. The minimum atomic E-state index is -0.309. The van der Waals surface area contributed by atoms with Gasteiger partial charge in [-0.1, -0.05) is 18.2 Å². The van der Waals surface area contributed by atoms with Gasteiger partial charge in [-0.3, -0.25) is 4.79 Å². The van der Waals surface area contributed by atoms with Gasteiger partial charge in [0.25, 0.3) is 0 Å². The number of amides is 3. The van der Waals surface area contributed by atoms with Gasteiger partial charge in [0.2, 0.25) is 5.91 Å². The minimum absolute atomic E-state index is 0.0732. The van der Waals surface area contributed by atoms with Crippen LogP contribution in [0.25, 0.3) is 0 Å². The molecule has 0 saturated heterocycles. The van der Waals surface area contributed by atoms with Crippen LogP contribution in [0.2, 0.25) is 0 Å². The van der Waals surface area contributed by atoms with Crippen LogP contribution in [0.3, 0.4) is 0 Å². The number of nitrogens with one attached hydrogen (secondary N) is 3. The fraction of sp³-hybridized carbons (Fsp3) is 0.273. The van der Waals surface area contributed by atoms with E-state index in [1.807, 2.05) is 18.2 Å². The van der Waals surface area contributed by atoms with E-state index in [4.69, 9.17) is 11.6 Å². The fourth-order valence-corrected chi connectivity index (χ4v) is 1.22. The number of benzene rings is 1. The Bertz CT molecular complexity index is 370. The number of urea groups is 1. The third kappa shape index (κ3) is 5.77. The Kier molecular flexibility index (Phi) is 5.88. The van der Waals surface area contributed by atoms with Crippen LogP contribution >= 0.6 is 11.6 Å². The van der Waals surface area contributed by atoms with Crippen LogP contribution in [0.15, 0.2) is 30.3 Å². The molecule has 5 nitrogen and oxygen atoms in total. The van der Waals surface area contributed by atoms with Gasteiger partial charge in [0, 0.05) is 18.8 Å². The minimum Gasteiger partial charge on any atom is -0.353 e. The first-order valence-corrected chi connectivity index (χ1v) is 5.68. The van der Waals surface area contributed by atoms with Crippen LogP contribution in [0.4, 0.5) is 10.5 Å². The monoisotopic (exact) mass is 255 g/mol. The van der Waals surface area contributed by atoms with E-state index in [1.165, 1.54) is 0 Å². The molecule has 1 aromatic carbocycles. The molecule has 0 spiro atoms. The summed E-state index contributed by atoms with van der Waals surface area (Å²) in [7, 11) is 0. The molecule has 0 aromatic heterocycles. The summed E-state index contributed by atoms with van der Waals surface area (Å²) < 4.78 is 0.